The van der Waals surface area contributed by atoms with E-state index in [1.807, 2.05) is 108 Å². The highest BCUT2D eigenvalue weighted by Crippen LogP contribution is 2.40. The lowest BCUT2D eigenvalue weighted by Crippen LogP contribution is -2.43. The van der Waals surface area contributed by atoms with Gasteiger partial charge in [0.25, 0.3) is 0 Å². The van der Waals surface area contributed by atoms with E-state index in [1.54, 1.807) is 13.8 Å². The van der Waals surface area contributed by atoms with Gasteiger partial charge in [0.05, 0.1) is 0 Å². The molecule has 1 N–H and O–H groups in total. The van der Waals surface area contributed by atoms with Crippen LogP contribution in [-0.2, 0) is 9.59 Å². The molecule has 2 atom stereocenters. The fourth-order valence-corrected chi connectivity index (χ4v) is 5.60. The Morgan fingerprint density at radius 1 is 0.636 bits per heavy atom. The Morgan fingerprint density at radius 2 is 1.00 bits per heavy atom. The van der Waals surface area contributed by atoms with Crippen LogP contribution in [0, 0.1) is 10.8 Å². The second kappa shape index (κ2) is 15.9. The first-order valence-corrected chi connectivity index (χ1v) is 15.4. The minimum absolute atomic E-state index is 0.176. The number of Topliss-reactive ketones (excluding diaryl/α,β-unsaturated/α-hetero) is 2. The molecule has 44 heavy (non-hydrogen) atoms. The smallest absolute Gasteiger partial charge is 0.187 e. The van der Waals surface area contributed by atoms with E-state index in [0.717, 1.165) is 33.4 Å². The van der Waals surface area contributed by atoms with Crippen molar-refractivity contribution in [2.24, 2.45) is 10.8 Å². The predicted octanol–water partition coefficient (Wildman–Crippen LogP) is 8.27. The van der Waals surface area contributed by atoms with Crippen molar-refractivity contribution in [1.82, 2.24) is 0 Å². The number of rotatable bonds is 10. The molecule has 0 radical (unpaired) electrons. The number of aliphatic hydroxyl groups excluding tert-OH is 1. The van der Waals surface area contributed by atoms with E-state index in [-0.39, 0.29) is 22.4 Å². The molecule has 4 nitrogen and oxygen atoms in total. The molecule has 0 aromatic rings. The zero-order valence-electron chi connectivity index (χ0n) is 28.3. The second-order valence-electron chi connectivity index (χ2n) is 13.4. The minimum Gasteiger partial charge on any atom is -0.846 e. The molecule has 0 heterocycles. The molecule has 0 aromatic carbocycles. The van der Waals surface area contributed by atoms with Crippen LogP contribution in [0.4, 0.5) is 0 Å². The largest absolute Gasteiger partial charge is 0.846 e. The van der Waals surface area contributed by atoms with Crippen molar-refractivity contribution in [3.05, 3.63) is 130 Å². The summed E-state index contributed by atoms with van der Waals surface area (Å²) in [4.78, 5) is 24.4. The monoisotopic (exact) mass is 595 g/mol. The third-order valence-corrected chi connectivity index (χ3v) is 8.29. The van der Waals surface area contributed by atoms with Gasteiger partial charge in [-0.15, -0.1) is 0 Å². The number of carbonyl (C=O) groups excluding carboxylic acids is 2. The van der Waals surface area contributed by atoms with Gasteiger partial charge < -0.3 is 10.2 Å². The van der Waals surface area contributed by atoms with Crippen LogP contribution in [-0.4, -0.2) is 28.9 Å². The highest BCUT2D eigenvalue weighted by atomic mass is 16.3. The van der Waals surface area contributed by atoms with E-state index in [1.165, 1.54) is 0 Å². The van der Waals surface area contributed by atoms with Crippen LogP contribution >= 0.6 is 0 Å². The molecular weight excluding hydrogens is 544 g/mol. The standard InChI is InChI=1S/C40H51O4/c1-27(17-13-19-29(3)21-23-33-31(5)37(43)35(41)25-39(33,7)8)15-11-12-16-28(2)18-14-20-30(4)22-24-34-32(6)38(44)36(42)26-40(34,9)10/h11-24,35-36,41H,25-26H2,1-10H3/q-1/b12-11+,17-13+,18-14+,23-21+,24-22+,27-15+,28-16+,29-19+,30-20+. The quantitative estimate of drug-likeness (QED) is 0.258. The summed E-state index contributed by atoms with van der Waals surface area (Å²) in [6.45, 7) is 19.9. The van der Waals surface area contributed by atoms with Gasteiger partial charge in [-0.25, -0.2) is 0 Å². The first-order valence-electron chi connectivity index (χ1n) is 15.4. The number of aliphatic hydroxyl groups is 1. The van der Waals surface area contributed by atoms with Gasteiger partial charge in [0, 0.05) is 0 Å². The van der Waals surface area contributed by atoms with Crippen LogP contribution in [0.2, 0.25) is 0 Å². The van der Waals surface area contributed by atoms with Crippen molar-refractivity contribution in [2.75, 3.05) is 0 Å². The Morgan fingerprint density at radius 3 is 1.45 bits per heavy atom. The van der Waals surface area contributed by atoms with E-state index in [9.17, 15) is 19.8 Å². The van der Waals surface area contributed by atoms with E-state index in [4.69, 9.17) is 0 Å². The zero-order valence-corrected chi connectivity index (χ0v) is 28.3. The SMILES string of the molecule is CC1=C(/C=C/C(C)=C/C=C/C(C)=C/C=C/C=C(C)/C=C/C=C(C)/C=C/C2=C(C)C(=O)C(O)CC2(C)C)C(C)(C)CC([O-])C1=O. The van der Waals surface area contributed by atoms with Crippen molar-refractivity contribution >= 4 is 11.6 Å². The maximum Gasteiger partial charge on any atom is 0.187 e. The Kier molecular flexibility index (Phi) is 13.2. The second-order valence-corrected chi connectivity index (χ2v) is 13.4. The number of allylic oxidation sites excluding steroid dienone is 20. The summed E-state index contributed by atoms with van der Waals surface area (Å²) in [6.07, 6.45) is 27.0. The molecule has 0 amide bonds. The molecule has 4 heteroatoms. The van der Waals surface area contributed by atoms with Gasteiger partial charge in [0.1, 0.15) is 11.9 Å². The summed E-state index contributed by atoms with van der Waals surface area (Å²) in [5, 5.41) is 22.0. The number of hydrogen-bond acceptors (Lipinski definition) is 4. The Bertz CT molecular complexity index is 1340. The molecule has 236 valence electrons. The first kappa shape index (κ1) is 36.6. The third-order valence-electron chi connectivity index (χ3n) is 8.29. The molecule has 0 bridgehead atoms. The molecule has 2 rings (SSSR count). The summed E-state index contributed by atoms with van der Waals surface area (Å²) in [5.74, 6) is -0.462. The number of ketones is 2. The van der Waals surface area contributed by atoms with Crippen LogP contribution in [0.5, 0.6) is 0 Å². The van der Waals surface area contributed by atoms with Gasteiger partial charge in [0.15, 0.2) is 5.78 Å². The van der Waals surface area contributed by atoms with Crippen LogP contribution < -0.4 is 5.11 Å². The number of carbonyl (C=O) groups is 2. The van der Waals surface area contributed by atoms with Gasteiger partial charge in [-0.1, -0.05) is 141 Å². The zero-order chi connectivity index (χ0) is 33.2. The molecule has 2 aliphatic rings. The van der Waals surface area contributed by atoms with E-state index in [0.29, 0.717) is 24.0 Å². The fourth-order valence-electron chi connectivity index (χ4n) is 5.60. The highest BCUT2D eigenvalue weighted by molar-refractivity contribution is 6.01. The minimum atomic E-state index is -1.16. The topological polar surface area (TPSA) is 77.4 Å². The van der Waals surface area contributed by atoms with Crippen molar-refractivity contribution < 1.29 is 19.8 Å². The van der Waals surface area contributed by atoms with Gasteiger partial charge in [-0.2, -0.15) is 0 Å². The van der Waals surface area contributed by atoms with Crippen LogP contribution in [0.25, 0.3) is 0 Å². The average molecular weight is 596 g/mol. The van der Waals surface area contributed by atoms with Gasteiger partial charge in [-0.3, -0.25) is 9.59 Å². The van der Waals surface area contributed by atoms with Crippen LogP contribution in [0.15, 0.2) is 130 Å². The maximum absolute atomic E-state index is 12.2. The molecule has 2 aliphatic carbocycles. The van der Waals surface area contributed by atoms with Gasteiger partial charge >= 0.3 is 0 Å². The first-order chi connectivity index (χ1) is 20.5. The van der Waals surface area contributed by atoms with Crippen molar-refractivity contribution in [3.8, 4) is 0 Å². The number of hydrogen-bond donors (Lipinski definition) is 1. The lowest BCUT2D eigenvalue weighted by molar-refractivity contribution is -0.407. The van der Waals surface area contributed by atoms with Crippen LogP contribution in [0.1, 0.15) is 82.1 Å². The van der Waals surface area contributed by atoms with Gasteiger partial charge in [0.2, 0.25) is 0 Å². The van der Waals surface area contributed by atoms with E-state index < -0.39 is 12.2 Å². The molecule has 0 aromatic heterocycles. The third kappa shape index (κ3) is 10.5. The molecule has 0 fully saturated rings. The van der Waals surface area contributed by atoms with E-state index in [2.05, 4.69) is 32.1 Å². The molecule has 0 saturated heterocycles. The Hall–Kier alpha value is -3.60. The highest BCUT2D eigenvalue weighted by Gasteiger charge is 2.36. The Balaban J connectivity index is 1.95. The molecule has 0 saturated carbocycles. The molecule has 0 spiro atoms. The lowest BCUT2D eigenvalue weighted by atomic mass is 9.71. The summed E-state index contributed by atoms with van der Waals surface area (Å²) >= 11 is 0. The van der Waals surface area contributed by atoms with Crippen molar-refractivity contribution in [1.29, 1.82) is 0 Å². The molecule has 0 aliphatic heterocycles. The summed E-state index contributed by atoms with van der Waals surface area (Å²) in [5.41, 5.74) is 6.96. The Labute approximate surface area is 265 Å². The summed E-state index contributed by atoms with van der Waals surface area (Å²) in [6, 6.07) is 0. The van der Waals surface area contributed by atoms with E-state index >= 15 is 0 Å². The van der Waals surface area contributed by atoms with Crippen molar-refractivity contribution in [2.45, 2.75) is 94.3 Å². The summed E-state index contributed by atoms with van der Waals surface area (Å²) < 4.78 is 0. The van der Waals surface area contributed by atoms with Crippen LogP contribution in [0.3, 0.4) is 0 Å². The predicted molar refractivity (Wildman–Crippen MR) is 183 cm³/mol. The maximum atomic E-state index is 12.2. The van der Waals surface area contributed by atoms with Crippen molar-refractivity contribution in [3.63, 3.8) is 0 Å². The fraction of sp³-hybridized carbons (Fsp3) is 0.400. The average Bonchev–Trinajstić information content (AvgIpc) is 2.92. The molecular formula is C40H51O4-. The lowest BCUT2D eigenvalue weighted by Gasteiger charge is -2.39. The normalized spacial score (nSPS) is 24.5. The summed E-state index contributed by atoms with van der Waals surface area (Å²) in [7, 11) is 0. The van der Waals surface area contributed by atoms with Gasteiger partial charge in [-0.05, 0) is 87.5 Å². The molecule has 2 unspecified atom stereocenters.